The number of nitrogens with one attached hydrogen (secondary N) is 2. The van der Waals surface area contributed by atoms with E-state index < -0.39 is 0 Å². The molecule has 7 aliphatic carbocycles. The molecule has 11 atom stereocenters. The van der Waals surface area contributed by atoms with Crippen molar-refractivity contribution < 1.29 is 19.1 Å². The first kappa shape index (κ1) is 40.6. The molecule has 7 fully saturated rings. The summed E-state index contributed by atoms with van der Waals surface area (Å²) in [6.45, 7) is 21.8. The Hall–Kier alpha value is -2.83. The van der Waals surface area contributed by atoms with E-state index in [-0.39, 0.29) is 56.6 Å². The van der Waals surface area contributed by atoms with Crippen molar-refractivity contribution in [2.75, 3.05) is 20.2 Å². The summed E-state index contributed by atoms with van der Waals surface area (Å²) in [5, 5.41) is 7.30. The van der Waals surface area contributed by atoms with Crippen LogP contribution in [0.5, 0.6) is 0 Å². The number of rotatable bonds is 6. The van der Waals surface area contributed by atoms with Crippen LogP contribution < -0.4 is 10.6 Å². The van der Waals surface area contributed by atoms with Gasteiger partial charge in [0.2, 0.25) is 5.91 Å². The number of likely N-dealkylation sites (tertiary alicyclic amines) is 1. The van der Waals surface area contributed by atoms with Gasteiger partial charge in [0.25, 0.3) is 0 Å². The largest absolute Gasteiger partial charge is 0.465 e. The Labute approximate surface area is 350 Å². The number of benzene rings is 1. The number of amides is 3. The van der Waals surface area contributed by atoms with Crippen molar-refractivity contribution in [3.05, 3.63) is 41.5 Å². The minimum Gasteiger partial charge on any atom is -0.465 e. The molecule has 0 aromatic heterocycles. The molecule has 9 rings (SSSR count). The number of carbonyl (C=O) groups is 3. The number of fused-ring (bicyclic) bond motifs is 7. The molecular formula is C51H75N3O4. The predicted octanol–water partition coefficient (Wildman–Crippen LogP) is 10.8. The highest BCUT2D eigenvalue weighted by Crippen LogP contribution is 2.78. The van der Waals surface area contributed by atoms with Crippen LogP contribution >= 0.6 is 0 Å². The zero-order valence-electron chi connectivity index (χ0n) is 37.5. The Morgan fingerprint density at radius 2 is 1.45 bits per heavy atom. The Morgan fingerprint density at radius 1 is 0.741 bits per heavy atom. The fourth-order valence-electron chi connectivity index (χ4n) is 16.5. The molecule has 0 spiro atoms. The van der Waals surface area contributed by atoms with Crippen molar-refractivity contribution >= 4 is 23.5 Å². The van der Waals surface area contributed by atoms with E-state index in [4.69, 9.17) is 4.74 Å². The van der Waals surface area contributed by atoms with Crippen LogP contribution in [0.3, 0.4) is 0 Å². The van der Waals surface area contributed by atoms with Crippen LogP contribution in [0.4, 0.5) is 4.79 Å². The number of piperidine rings is 1. The Morgan fingerprint density at radius 3 is 2.10 bits per heavy atom. The van der Waals surface area contributed by atoms with Crippen LogP contribution in [0, 0.1) is 68.0 Å². The van der Waals surface area contributed by atoms with Crippen molar-refractivity contribution in [3.63, 3.8) is 0 Å². The van der Waals surface area contributed by atoms with E-state index in [1.54, 1.807) is 0 Å². The number of urea groups is 1. The number of hydrogen-bond acceptors (Lipinski definition) is 4. The first-order valence-corrected chi connectivity index (χ1v) is 23.6. The minimum atomic E-state index is -0.283. The average Bonchev–Trinajstić information content (AvgIpc) is 3.83. The second kappa shape index (κ2) is 13.6. The summed E-state index contributed by atoms with van der Waals surface area (Å²) >= 11 is 0. The van der Waals surface area contributed by atoms with Gasteiger partial charge in [0.05, 0.1) is 12.7 Å². The van der Waals surface area contributed by atoms with Gasteiger partial charge in [0.15, 0.2) is 0 Å². The van der Waals surface area contributed by atoms with E-state index in [2.05, 4.69) is 89.1 Å². The molecule has 3 amide bonds. The van der Waals surface area contributed by atoms with E-state index in [0.29, 0.717) is 46.5 Å². The molecule has 0 bridgehead atoms. The summed E-state index contributed by atoms with van der Waals surface area (Å²) in [7, 11) is 1.45. The van der Waals surface area contributed by atoms with Crippen LogP contribution in [0.25, 0.3) is 5.57 Å². The Balaban J connectivity index is 0.953. The number of hydrogen-bond donors (Lipinski definition) is 2. The van der Waals surface area contributed by atoms with Gasteiger partial charge >= 0.3 is 12.0 Å². The molecular weight excluding hydrogens is 719 g/mol. The lowest BCUT2D eigenvalue weighted by atomic mass is 9.32. The highest BCUT2D eigenvalue weighted by molar-refractivity contribution is 5.90. The number of carbonyl (C=O) groups excluding carboxylic acids is 3. The molecule has 2 N–H and O–H groups in total. The molecule has 7 heteroatoms. The molecule has 1 heterocycles. The fraction of sp³-hybridized carbons (Fsp3) is 0.784. The SMILES string of the molecule is COC(=O)c1ccc(C2=CC[C@]3(C)C4CC[C@@H]5C6[C@H](C7(C)CC7)CC[C@]6(NC(=O)N[C@@H]6C[C@H](C(=O)N7CCCCC7)C6(C)C)CC[C@@]5(C)[C@]4(C)CC[C@H]3C2(C)C)cc1. The van der Waals surface area contributed by atoms with Crippen LogP contribution in [0.15, 0.2) is 30.3 Å². The summed E-state index contributed by atoms with van der Waals surface area (Å²) in [4.78, 5) is 42.2. The van der Waals surface area contributed by atoms with Gasteiger partial charge in [-0.25, -0.2) is 9.59 Å². The summed E-state index contributed by atoms with van der Waals surface area (Å²) in [5.74, 6) is 3.04. The summed E-state index contributed by atoms with van der Waals surface area (Å²) in [6, 6.07) is 8.14. The third-order valence-electron chi connectivity index (χ3n) is 20.5. The predicted molar refractivity (Wildman–Crippen MR) is 231 cm³/mol. The van der Waals surface area contributed by atoms with Gasteiger partial charge in [-0.1, -0.05) is 73.6 Å². The highest BCUT2D eigenvalue weighted by Gasteiger charge is 2.72. The maximum atomic E-state index is 14.3. The molecule has 6 saturated carbocycles. The molecule has 0 radical (unpaired) electrons. The van der Waals surface area contributed by atoms with Crippen molar-refractivity contribution in [1.29, 1.82) is 0 Å². The van der Waals surface area contributed by atoms with Crippen molar-refractivity contribution in [2.24, 2.45) is 68.0 Å². The van der Waals surface area contributed by atoms with Gasteiger partial charge in [0, 0.05) is 30.6 Å². The third-order valence-corrected chi connectivity index (χ3v) is 20.5. The molecule has 8 aliphatic rings. The lowest BCUT2D eigenvalue weighted by Crippen LogP contribution is -2.70. The first-order chi connectivity index (χ1) is 27.3. The van der Waals surface area contributed by atoms with Gasteiger partial charge in [-0.2, -0.15) is 0 Å². The lowest BCUT2D eigenvalue weighted by Gasteiger charge is -2.72. The lowest BCUT2D eigenvalue weighted by molar-refractivity contribution is -0.221. The van der Waals surface area contributed by atoms with E-state index >= 15 is 0 Å². The van der Waals surface area contributed by atoms with Gasteiger partial charge in [-0.15, -0.1) is 0 Å². The Kier molecular flexibility index (Phi) is 9.50. The van der Waals surface area contributed by atoms with Gasteiger partial charge in [-0.05, 0) is 182 Å². The summed E-state index contributed by atoms with van der Waals surface area (Å²) in [6.07, 6.45) is 20.2. The van der Waals surface area contributed by atoms with E-state index in [0.717, 1.165) is 51.6 Å². The summed E-state index contributed by atoms with van der Waals surface area (Å²) < 4.78 is 4.99. The van der Waals surface area contributed by atoms with Crippen LogP contribution in [0.1, 0.15) is 168 Å². The summed E-state index contributed by atoms with van der Waals surface area (Å²) in [5.41, 5.74) is 3.98. The smallest absolute Gasteiger partial charge is 0.337 e. The highest BCUT2D eigenvalue weighted by atomic mass is 16.5. The third kappa shape index (κ3) is 5.78. The first-order valence-electron chi connectivity index (χ1n) is 23.6. The van der Waals surface area contributed by atoms with E-state index in [1.807, 2.05) is 12.1 Å². The molecule has 1 saturated heterocycles. The average molecular weight is 794 g/mol. The molecule has 1 aromatic rings. The van der Waals surface area contributed by atoms with Crippen molar-refractivity contribution in [3.8, 4) is 0 Å². The number of nitrogens with zero attached hydrogens (tertiary/aromatic N) is 1. The van der Waals surface area contributed by atoms with Crippen molar-refractivity contribution in [2.45, 2.75) is 163 Å². The fourth-order valence-corrected chi connectivity index (χ4v) is 16.5. The number of esters is 1. The van der Waals surface area contributed by atoms with Gasteiger partial charge < -0.3 is 20.3 Å². The minimum absolute atomic E-state index is 0.00726. The number of ether oxygens (including phenoxy) is 1. The van der Waals surface area contributed by atoms with Gasteiger partial charge in [-0.3, -0.25) is 4.79 Å². The van der Waals surface area contributed by atoms with Crippen LogP contribution in [-0.4, -0.2) is 54.6 Å². The zero-order valence-corrected chi connectivity index (χ0v) is 37.5. The topological polar surface area (TPSA) is 87.7 Å². The molecule has 1 aliphatic heterocycles. The number of allylic oxidation sites excluding steroid dienone is 2. The standard InChI is InChI=1S/C51H75N3O4/c1-45(2)34(32-13-15-33(16-14-32)43(56)58-9)19-22-48(6)38(45)21-23-50(8)39(48)18-17-36-41-35(47(5)25-26-47)20-24-51(41,28-27-49(36,50)7)53-44(57)52-40-31-37(46(40,3)4)42(55)54-29-11-10-12-30-54/h13-16,19,35-41H,10-12,17-18,20-31H2,1-9H3,(H2,52,53,57)/t35-,36-,37-,38+,39?,40-,41?,48+,49-,50-,51+/m1/s1. The molecule has 7 nitrogen and oxygen atoms in total. The Bertz CT molecular complexity index is 1860. The van der Waals surface area contributed by atoms with E-state index in [9.17, 15) is 14.4 Å². The second-order valence-corrected chi connectivity index (χ2v) is 23.4. The monoisotopic (exact) mass is 794 g/mol. The molecule has 58 heavy (non-hydrogen) atoms. The quantitative estimate of drug-likeness (QED) is 0.281. The molecule has 318 valence electrons. The molecule has 1 aromatic carbocycles. The molecule has 2 unspecified atom stereocenters. The normalized spacial score (nSPS) is 42.9. The van der Waals surface area contributed by atoms with E-state index in [1.165, 1.54) is 76.0 Å². The maximum Gasteiger partial charge on any atom is 0.337 e. The maximum absolute atomic E-state index is 14.3. The van der Waals surface area contributed by atoms with Gasteiger partial charge in [0.1, 0.15) is 0 Å². The number of methoxy groups -OCH3 is 1. The zero-order chi connectivity index (χ0) is 41.3. The van der Waals surface area contributed by atoms with Crippen LogP contribution in [-0.2, 0) is 9.53 Å². The van der Waals surface area contributed by atoms with Crippen LogP contribution in [0.2, 0.25) is 0 Å². The second-order valence-electron chi connectivity index (χ2n) is 23.4. The van der Waals surface area contributed by atoms with Crippen molar-refractivity contribution in [1.82, 2.24) is 15.5 Å².